The molecule has 6 nitrogen and oxygen atoms in total. The second-order valence-corrected chi connectivity index (χ2v) is 8.03. The van der Waals surface area contributed by atoms with E-state index in [1.807, 2.05) is 20.8 Å². The van der Waals surface area contributed by atoms with Crippen molar-refractivity contribution in [2.45, 2.75) is 39.7 Å². The zero-order valence-corrected chi connectivity index (χ0v) is 13.2. The summed E-state index contributed by atoms with van der Waals surface area (Å²) >= 11 is 0. The van der Waals surface area contributed by atoms with E-state index in [0.717, 1.165) is 0 Å². The van der Waals surface area contributed by atoms with E-state index in [9.17, 15) is 8.42 Å². The zero-order chi connectivity index (χ0) is 14.1. The van der Waals surface area contributed by atoms with Crippen LogP contribution < -0.4 is 0 Å². The molecule has 0 amide bonds. The van der Waals surface area contributed by atoms with Crippen LogP contribution >= 0.6 is 0 Å². The van der Waals surface area contributed by atoms with E-state index in [4.69, 9.17) is 17.8 Å². The highest BCUT2D eigenvalue weighted by molar-refractivity contribution is 7.85. The van der Waals surface area contributed by atoms with Gasteiger partial charge in [0, 0.05) is 25.9 Å². The predicted molar refractivity (Wildman–Crippen MR) is 71.1 cm³/mol. The molecule has 0 heterocycles. The minimum absolute atomic E-state index is 0.234. The van der Waals surface area contributed by atoms with Crippen molar-refractivity contribution in [1.82, 2.24) is 0 Å². The van der Waals surface area contributed by atoms with Crippen molar-refractivity contribution in [3.63, 3.8) is 0 Å². The highest BCUT2D eigenvalue weighted by Crippen LogP contribution is 2.19. The Morgan fingerprint density at radius 3 is 1.72 bits per heavy atom. The number of unbranched alkanes of at least 4 members (excludes halogenated alkanes) is 1. The molecule has 0 unspecified atom stereocenters. The average Bonchev–Trinajstić information content (AvgIpc) is 2.24. The summed E-state index contributed by atoms with van der Waals surface area (Å²) in [4.78, 5) is 0. The lowest BCUT2D eigenvalue weighted by Gasteiger charge is -2.28. The van der Waals surface area contributed by atoms with Gasteiger partial charge in [-0.3, -0.25) is 4.55 Å². The molecule has 0 aliphatic rings. The predicted octanol–water partition coefficient (Wildman–Crippen LogP) is 1.70. The van der Waals surface area contributed by atoms with E-state index in [-0.39, 0.29) is 5.75 Å². The molecule has 0 saturated heterocycles. The lowest BCUT2D eigenvalue weighted by atomic mass is 10.4. The van der Waals surface area contributed by atoms with Gasteiger partial charge < -0.3 is 13.3 Å². The van der Waals surface area contributed by atoms with E-state index in [1.165, 1.54) is 0 Å². The summed E-state index contributed by atoms with van der Waals surface area (Å²) in [5, 5.41) is 0. The Balaban J connectivity index is 4.29. The molecule has 0 fully saturated rings. The van der Waals surface area contributed by atoms with Gasteiger partial charge in [-0.2, -0.15) is 8.42 Å². The van der Waals surface area contributed by atoms with E-state index in [1.54, 1.807) is 0 Å². The van der Waals surface area contributed by atoms with Crippen molar-refractivity contribution >= 4 is 18.9 Å². The van der Waals surface area contributed by atoms with Crippen LogP contribution in [-0.4, -0.2) is 47.3 Å². The first-order valence-corrected chi connectivity index (χ1v) is 9.80. The molecule has 8 heteroatoms. The first-order chi connectivity index (χ1) is 8.39. The SMILES string of the molecule is CCO[Si](CCCCS(=O)(=O)O)(OCC)OCC. The van der Waals surface area contributed by atoms with Crippen molar-refractivity contribution in [3.8, 4) is 0 Å². The molecule has 1 N–H and O–H groups in total. The third kappa shape index (κ3) is 8.17. The van der Waals surface area contributed by atoms with Crippen molar-refractivity contribution in [3.05, 3.63) is 0 Å². The summed E-state index contributed by atoms with van der Waals surface area (Å²) in [6.45, 7) is 7.13. The summed E-state index contributed by atoms with van der Waals surface area (Å²) in [5.41, 5.74) is 0. The molecule has 0 aromatic heterocycles. The Morgan fingerprint density at radius 2 is 1.39 bits per heavy atom. The minimum atomic E-state index is -3.89. The van der Waals surface area contributed by atoms with Crippen molar-refractivity contribution in [1.29, 1.82) is 0 Å². The van der Waals surface area contributed by atoms with Crippen LogP contribution in [0, 0.1) is 0 Å². The molecule has 0 bridgehead atoms. The molecule has 0 aliphatic heterocycles. The summed E-state index contributed by atoms with van der Waals surface area (Å²) < 4.78 is 46.7. The Labute approximate surface area is 111 Å². The van der Waals surface area contributed by atoms with Crippen LogP contribution in [-0.2, 0) is 23.4 Å². The molecule has 0 spiro atoms. The smallest absolute Gasteiger partial charge is 0.374 e. The third-order valence-electron chi connectivity index (χ3n) is 2.23. The Bertz CT molecular complexity index is 288. The third-order valence-corrected chi connectivity index (χ3v) is 6.18. The monoisotopic (exact) mass is 300 g/mol. The van der Waals surface area contributed by atoms with E-state index in [2.05, 4.69) is 0 Å². The van der Waals surface area contributed by atoms with E-state index in [0.29, 0.717) is 38.7 Å². The molecule has 0 saturated carbocycles. The Hall–Kier alpha value is 0.00688. The Morgan fingerprint density at radius 1 is 0.944 bits per heavy atom. The molecule has 110 valence electrons. The first-order valence-electron chi connectivity index (χ1n) is 6.26. The molecular formula is C10H24O6SSi. The van der Waals surface area contributed by atoms with Crippen molar-refractivity contribution in [2.24, 2.45) is 0 Å². The summed E-state index contributed by atoms with van der Waals surface area (Å²) in [7, 11) is -6.55. The maximum absolute atomic E-state index is 10.6. The van der Waals surface area contributed by atoms with Gasteiger partial charge >= 0.3 is 8.80 Å². The molecule has 0 aromatic rings. The largest absolute Gasteiger partial charge is 0.500 e. The summed E-state index contributed by atoms with van der Waals surface area (Å²) in [6, 6.07) is 0.568. The van der Waals surface area contributed by atoms with Gasteiger partial charge in [0.05, 0.1) is 5.75 Å². The lowest BCUT2D eigenvalue weighted by Crippen LogP contribution is -2.45. The van der Waals surface area contributed by atoms with Crippen LogP contribution in [0.5, 0.6) is 0 Å². The van der Waals surface area contributed by atoms with Crippen LogP contribution in [0.15, 0.2) is 0 Å². The van der Waals surface area contributed by atoms with Crippen LogP contribution in [0.25, 0.3) is 0 Å². The lowest BCUT2D eigenvalue weighted by molar-refractivity contribution is 0.0707. The summed E-state index contributed by atoms with van der Waals surface area (Å²) in [5.74, 6) is -0.234. The van der Waals surface area contributed by atoms with Crippen molar-refractivity contribution in [2.75, 3.05) is 25.6 Å². The first kappa shape index (κ1) is 18.0. The number of hydrogen-bond acceptors (Lipinski definition) is 5. The molecule has 0 atom stereocenters. The maximum atomic E-state index is 10.6. The van der Waals surface area contributed by atoms with Gasteiger partial charge in [-0.05, 0) is 33.6 Å². The molecule has 0 rings (SSSR count). The highest BCUT2D eigenvalue weighted by atomic mass is 32.2. The normalized spacial score (nSPS) is 12.9. The standard InChI is InChI=1S/C10H24O6SSi/c1-4-14-18(15-5-2,16-6-3)10-8-7-9-17(11,12)13/h4-10H2,1-3H3,(H,11,12,13). The fourth-order valence-corrected chi connectivity index (χ4v) is 4.88. The average molecular weight is 300 g/mol. The quantitative estimate of drug-likeness (QED) is 0.355. The maximum Gasteiger partial charge on any atom is 0.500 e. The van der Waals surface area contributed by atoms with Gasteiger partial charge in [0.1, 0.15) is 0 Å². The molecule has 18 heavy (non-hydrogen) atoms. The zero-order valence-electron chi connectivity index (χ0n) is 11.3. The van der Waals surface area contributed by atoms with Crippen molar-refractivity contribution < 1.29 is 26.2 Å². The number of rotatable bonds is 11. The van der Waals surface area contributed by atoms with E-state index >= 15 is 0 Å². The van der Waals surface area contributed by atoms with Crippen LogP contribution in [0.2, 0.25) is 6.04 Å². The molecule has 0 aliphatic carbocycles. The molecule has 0 aromatic carbocycles. The van der Waals surface area contributed by atoms with Gasteiger partial charge in [0.25, 0.3) is 10.1 Å². The molecule has 0 radical (unpaired) electrons. The van der Waals surface area contributed by atoms with Crippen LogP contribution in [0.3, 0.4) is 0 Å². The van der Waals surface area contributed by atoms with Gasteiger partial charge in [-0.25, -0.2) is 0 Å². The minimum Gasteiger partial charge on any atom is -0.374 e. The number of hydrogen-bond donors (Lipinski definition) is 1. The summed E-state index contributed by atoms with van der Waals surface area (Å²) in [6.07, 6.45) is 0.965. The Kier molecular flexibility index (Phi) is 9.00. The highest BCUT2D eigenvalue weighted by Gasteiger charge is 2.39. The van der Waals surface area contributed by atoms with Crippen LogP contribution in [0.1, 0.15) is 33.6 Å². The topological polar surface area (TPSA) is 82.1 Å². The fourth-order valence-electron chi connectivity index (χ4n) is 1.63. The van der Waals surface area contributed by atoms with Gasteiger partial charge in [0.2, 0.25) is 0 Å². The fraction of sp³-hybridized carbons (Fsp3) is 1.00. The van der Waals surface area contributed by atoms with Gasteiger partial charge in [-0.1, -0.05) is 0 Å². The molecular weight excluding hydrogens is 276 g/mol. The van der Waals surface area contributed by atoms with E-state index < -0.39 is 18.9 Å². The van der Waals surface area contributed by atoms with Crippen LogP contribution in [0.4, 0.5) is 0 Å². The van der Waals surface area contributed by atoms with Gasteiger partial charge in [-0.15, -0.1) is 0 Å². The second kappa shape index (κ2) is 9.00. The van der Waals surface area contributed by atoms with Gasteiger partial charge in [0.15, 0.2) is 0 Å². The second-order valence-electron chi connectivity index (χ2n) is 3.73.